The van der Waals surface area contributed by atoms with Crippen LogP contribution in [0.15, 0.2) is 35.2 Å². The van der Waals surface area contributed by atoms with Crippen LogP contribution in [-0.4, -0.2) is 8.42 Å². The summed E-state index contributed by atoms with van der Waals surface area (Å²) in [5, 5.41) is 0. The van der Waals surface area contributed by atoms with Gasteiger partial charge < -0.3 is 0 Å². The Kier molecular flexibility index (Phi) is 4.48. The molecule has 2 rings (SSSR count). The van der Waals surface area contributed by atoms with Crippen molar-refractivity contribution >= 4 is 15.7 Å². The predicted octanol–water partition coefficient (Wildman–Crippen LogP) is 4.06. The number of hydrogen-bond acceptors (Lipinski definition) is 2. The molecule has 11 heteroatoms. The van der Waals surface area contributed by atoms with E-state index in [1.807, 2.05) is 0 Å². The molecule has 0 radical (unpaired) electrons. The van der Waals surface area contributed by atoms with Crippen molar-refractivity contribution in [2.24, 2.45) is 0 Å². The summed E-state index contributed by atoms with van der Waals surface area (Å²) in [4.78, 5) is -1.40. The first-order valence-electron chi connectivity index (χ1n) is 5.96. The zero-order valence-corrected chi connectivity index (χ0v) is 12.1. The number of alkyl halides is 3. The minimum Gasteiger partial charge on any atom is -0.279 e. The van der Waals surface area contributed by atoms with Gasteiger partial charge in [0.2, 0.25) is 0 Å². The molecular formula is C13H6F7NO2S. The average Bonchev–Trinajstić information content (AvgIpc) is 2.45. The van der Waals surface area contributed by atoms with E-state index in [-0.39, 0.29) is 6.07 Å². The Bertz CT molecular complexity index is 894. The minimum atomic E-state index is -5.12. The maximum absolute atomic E-state index is 13.5. The van der Waals surface area contributed by atoms with Crippen LogP contribution in [0.5, 0.6) is 0 Å². The van der Waals surface area contributed by atoms with Crippen molar-refractivity contribution < 1.29 is 39.2 Å². The van der Waals surface area contributed by atoms with Gasteiger partial charge in [0.15, 0.2) is 17.5 Å². The second-order valence-electron chi connectivity index (χ2n) is 4.47. The molecule has 0 aliphatic heterocycles. The lowest BCUT2D eigenvalue weighted by atomic mass is 10.2. The molecule has 0 saturated carbocycles. The molecule has 0 aliphatic rings. The Morgan fingerprint density at radius 2 is 1.50 bits per heavy atom. The summed E-state index contributed by atoms with van der Waals surface area (Å²) in [7, 11) is -5.03. The molecule has 2 aromatic rings. The zero-order chi connectivity index (χ0) is 18.3. The quantitative estimate of drug-likeness (QED) is 0.652. The van der Waals surface area contributed by atoms with E-state index in [1.165, 1.54) is 4.72 Å². The summed E-state index contributed by atoms with van der Waals surface area (Å²) >= 11 is 0. The summed E-state index contributed by atoms with van der Waals surface area (Å²) < 4.78 is 116. The van der Waals surface area contributed by atoms with Crippen molar-refractivity contribution in [2.45, 2.75) is 11.1 Å². The Hall–Kier alpha value is -2.30. The lowest BCUT2D eigenvalue weighted by Crippen LogP contribution is -2.19. The zero-order valence-electron chi connectivity index (χ0n) is 11.3. The van der Waals surface area contributed by atoms with Gasteiger partial charge in [0.1, 0.15) is 10.7 Å². The first kappa shape index (κ1) is 18.0. The molecule has 3 nitrogen and oxygen atoms in total. The molecule has 0 bridgehead atoms. The third-order valence-electron chi connectivity index (χ3n) is 2.82. The molecule has 2 aromatic carbocycles. The van der Waals surface area contributed by atoms with Gasteiger partial charge in [-0.05, 0) is 30.3 Å². The van der Waals surface area contributed by atoms with E-state index in [0.29, 0.717) is 24.3 Å². The average molecular weight is 373 g/mol. The van der Waals surface area contributed by atoms with Gasteiger partial charge in [0, 0.05) is 0 Å². The van der Waals surface area contributed by atoms with Crippen LogP contribution >= 0.6 is 0 Å². The minimum absolute atomic E-state index is 0.0272. The molecule has 0 aromatic heterocycles. The summed E-state index contributed by atoms with van der Waals surface area (Å²) in [6.45, 7) is 0. The van der Waals surface area contributed by atoms with Gasteiger partial charge in [-0.3, -0.25) is 4.72 Å². The number of halogens is 7. The Balaban J connectivity index is 2.54. The Morgan fingerprint density at radius 1 is 0.875 bits per heavy atom. The van der Waals surface area contributed by atoms with Crippen molar-refractivity contribution in [3.63, 3.8) is 0 Å². The van der Waals surface area contributed by atoms with Gasteiger partial charge >= 0.3 is 6.18 Å². The fraction of sp³-hybridized carbons (Fsp3) is 0.0769. The van der Waals surface area contributed by atoms with Crippen molar-refractivity contribution in [3.8, 4) is 0 Å². The molecule has 1 N–H and O–H groups in total. The number of rotatable bonds is 3. The molecule has 0 amide bonds. The number of sulfonamides is 1. The van der Waals surface area contributed by atoms with Crippen LogP contribution in [0.3, 0.4) is 0 Å². The molecule has 0 fully saturated rings. The number of benzene rings is 2. The van der Waals surface area contributed by atoms with Crippen molar-refractivity contribution in [1.82, 2.24) is 0 Å². The van der Waals surface area contributed by atoms with Crippen LogP contribution in [0.4, 0.5) is 36.4 Å². The standard InChI is InChI=1S/C13H6F7NO2S/c14-6-1-3-9(7(5-6)13(18,19)20)21-24(22,23)10-4-2-8(15)11(16)12(10)17/h1-5,21H. The van der Waals surface area contributed by atoms with Crippen molar-refractivity contribution in [3.05, 3.63) is 59.2 Å². The van der Waals surface area contributed by atoms with Gasteiger partial charge in [0.05, 0.1) is 11.3 Å². The molecule has 0 saturated heterocycles. The smallest absolute Gasteiger partial charge is 0.279 e. The van der Waals surface area contributed by atoms with Gasteiger partial charge in [-0.25, -0.2) is 26.0 Å². The molecule has 0 spiro atoms. The van der Waals surface area contributed by atoms with Gasteiger partial charge in [-0.15, -0.1) is 0 Å². The first-order valence-corrected chi connectivity index (χ1v) is 7.45. The topological polar surface area (TPSA) is 46.2 Å². The molecule has 130 valence electrons. The van der Waals surface area contributed by atoms with E-state index in [2.05, 4.69) is 0 Å². The normalized spacial score (nSPS) is 12.3. The second-order valence-corrected chi connectivity index (χ2v) is 6.12. The van der Waals surface area contributed by atoms with E-state index in [4.69, 9.17) is 0 Å². The molecule has 24 heavy (non-hydrogen) atoms. The highest BCUT2D eigenvalue weighted by Crippen LogP contribution is 2.36. The van der Waals surface area contributed by atoms with E-state index in [0.717, 1.165) is 0 Å². The highest BCUT2D eigenvalue weighted by molar-refractivity contribution is 7.92. The predicted molar refractivity (Wildman–Crippen MR) is 68.5 cm³/mol. The van der Waals surface area contributed by atoms with Crippen LogP contribution in [0.25, 0.3) is 0 Å². The lowest BCUT2D eigenvalue weighted by Gasteiger charge is -2.15. The van der Waals surface area contributed by atoms with Crippen LogP contribution in [-0.2, 0) is 16.2 Å². The van der Waals surface area contributed by atoms with E-state index >= 15 is 0 Å². The molecule has 0 atom stereocenters. The maximum Gasteiger partial charge on any atom is 0.418 e. The SMILES string of the molecule is O=S(=O)(Nc1ccc(F)cc1C(F)(F)F)c1ccc(F)c(F)c1F. The molecule has 0 aliphatic carbocycles. The number of hydrogen-bond donors (Lipinski definition) is 1. The highest BCUT2D eigenvalue weighted by atomic mass is 32.2. The fourth-order valence-corrected chi connectivity index (χ4v) is 2.91. The Labute approximate surface area is 130 Å². The third-order valence-corrected chi connectivity index (χ3v) is 4.20. The summed E-state index contributed by atoms with van der Waals surface area (Å²) in [5.41, 5.74) is -2.78. The van der Waals surface area contributed by atoms with E-state index < -0.39 is 55.6 Å². The summed E-state index contributed by atoms with van der Waals surface area (Å²) in [6, 6.07) is 1.66. The lowest BCUT2D eigenvalue weighted by molar-refractivity contribution is -0.137. The largest absolute Gasteiger partial charge is 0.418 e. The second kappa shape index (κ2) is 5.96. The van der Waals surface area contributed by atoms with Crippen molar-refractivity contribution in [1.29, 1.82) is 0 Å². The van der Waals surface area contributed by atoms with Gasteiger partial charge in [0.25, 0.3) is 10.0 Å². The molecular weight excluding hydrogens is 367 g/mol. The number of nitrogens with one attached hydrogen (secondary N) is 1. The first-order chi connectivity index (χ1) is 10.9. The Morgan fingerprint density at radius 3 is 2.08 bits per heavy atom. The van der Waals surface area contributed by atoms with E-state index in [1.54, 1.807) is 0 Å². The fourth-order valence-electron chi connectivity index (χ4n) is 1.76. The van der Waals surface area contributed by atoms with Gasteiger partial charge in [-0.1, -0.05) is 0 Å². The number of anilines is 1. The summed E-state index contributed by atoms with van der Waals surface area (Å²) in [6.07, 6.45) is -5.12. The van der Waals surface area contributed by atoms with E-state index in [9.17, 15) is 39.2 Å². The molecule has 0 unspecified atom stereocenters. The summed E-state index contributed by atoms with van der Waals surface area (Å²) in [5.74, 6) is -7.17. The molecule has 0 heterocycles. The van der Waals surface area contributed by atoms with Crippen LogP contribution in [0.1, 0.15) is 5.56 Å². The maximum atomic E-state index is 13.5. The highest BCUT2D eigenvalue weighted by Gasteiger charge is 2.35. The van der Waals surface area contributed by atoms with Crippen molar-refractivity contribution in [2.75, 3.05) is 4.72 Å². The monoisotopic (exact) mass is 373 g/mol. The van der Waals surface area contributed by atoms with Gasteiger partial charge in [-0.2, -0.15) is 13.2 Å². The van der Waals surface area contributed by atoms with Crippen LogP contribution in [0.2, 0.25) is 0 Å². The third kappa shape index (κ3) is 3.45. The van der Waals surface area contributed by atoms with Crippen LogP contribution < -0.4 is 4.72 Å². The van der Waals surface area contributed by atoms with Crippen LogP contribution in [0, 0.1) is 23.3 Å².